The van der Waals surface area contributed by atoms with Gasteiger partial charge in [-0.15, -0.1) is 0 Å². The van der Waals surface area contributed by atoms with E-state index >= 15 is 0 Å². The monoisotopic (exact) mass is 307 g/mol. The number of hydrogen-bond acceptors (Lipinski definition) is 3. The van der Waals surface area contributed by atoms with Gasteiger partial charge in [0.05, 0.1) is 5.41 Å². The van der Waals surface area contributed by atoms with Gasteiger partial charge in [0.2, 0.25) is 0 Å². The largest absolute Gasteiger partial charge is 0.481 e. The summed E-state index contributed by atoms with van der Waals surface area (Å²) in [5.74, 6) is -1.28. The SMILES string of the molecule is CCC(CC)(CNC(=O)c1ccc(NC(N)=O)cc1)C(=O)O. The molecule has 0 bridgehead atoms. The van der Waals surface area contributed by atoms with Crippen molar-refractivity contribution in [2.45, 2.75) is 26.7 Å². The Balaban J connectivity index is 2.72. The van der Waals surface area contributed by atoms with Crippen LogP contribution in [0.4, 0.5) is 10.5 Å². The average molecular weight is 307 g/mol. The summed E-state index contributed by atoms with van der Waals surface area (Å²) in [4.78, 5) is 34.1. The van der Waals surface area contributed by atoms with Crippen LogP contribution in [0.3, 0.4) is 0 Å². The van der Waals surface area contributed by atoms with Crippen molar-refractivity contribution >= 4 is 23.6 Å². The second kappa shape index (κ2) is 7.44. The average Bonchev–Trinajstić information content (AvgIpc) is 2.48. The quantitative estimate of drug-likeness (QED) is 0.613. The van der Waals surface area contributed by atoms with Crippen molar-refractivity contribution in [3.63, 3.8) is 0 Å². The molecule has 120 valence electrons. The number of nitrogens with two attached hydrogens (primary N) is 1. The molecule has 0 spiro atoms. The third-order valence-electron chi connectivity index (χ3n) is 3.81. The molecule has 1 aromatic carbocycles. The fraction of sp³-hybridized carbons (Fsp3) is 0.400. The van der Waals surface area contributed by atoms with Crippen LogP contribution in [-0.4, -0.2) is 29.6 Å². The van der Waals surface area contributed by atoms with Gasteiger partial charge in [0.1, 0.15) is 0 Å². The maximum atomic E-state index is 12.1. The lowest BCUT2D eigenvalue weighted by atomic mass is 9.82. The first-order valence-corrected chi connectivity index (χ1v) is 7.02. The minimum atomic E-state index is -0.955. The zero-order valence-electron chi connectivity index (χ0n) is 12.7. The lowest BCUT2D eigenvalue weighted by Gasteiger charge is -2.26. The van der Waals surface area contributed by atoms with Crippen LogP contribution in [0, 0.1) is 5.41 Å². The molecule has 3 amide bonds. The van der Waals surface area contributed by atoms with E-state index in [-0.39, 0.29) is 12.5 Å². The number of hydrogen-bond donors (Lipinski definition) is 4. The maximum absolute atomic E-state index is 12.1. The van der Waals surface area contributed by atoms with Gasteiger partial charge in [-0.2, -0.15) is 0 Å². The van der Waals surface area contributed by atoms with E-state index < -0.39 is 17.4 Å². The van der Waals surface area contributed by atoms with Crippen LogP contribution < -0.4 is 16.4 Å². The number of carboxylic acid groups (broad SMARTS) is 1. The van der Waals surface area contributed by atoms with Crippen molar-refractivity contribution in [2.24, 2.45) is 11.1 Å². The highest BCUT2D eigenvalue weighted by atomic mass is 16.4. The molecule has 0 aliphatic heterocycles. The summed E-state index contributed by atoms with van der Waals surface area (Å²) in [7, 11) is 0. The zero-order chi connectivity index (χ0) is 16.8. The van der Waals surface area contributed by atoms with Crippen molar-refractivity contribution in [1.82, 2.24) is 5.32 Å². The van der Waals surface area contributed by atoms with Gasteiger partial charge in [-0.25, -0.2) is 4.79 Å². The summed E-state index contributed by atoms with van der Waals surface area (Å²) in [5.41, 5.74) is 4.89. The van der Waals surface area contributed by atoms with Gasteiger partial charge < -0.3 is 21.5 Å². The lowest BCUT2D eigenvalue weighted by molar-refractivity contribution is -0.149. The van der Waals surface area contributed by atoms with E-state index in [1.165, 1.54) is 12.1 Å². The Morgan fingerprint density at radius 3 is 2.09 bits per heavy atom. The van der Waals surface area contributed by atoms with Gasteiger partial charge in [0.25, 0.3) is 5.91 Å². The van der Waals surface area contributed by atoms with Crippen molar-refractivity contribution < 1.29 is 19.5 Å². The topological polar surface area (TPSA) is 122 Å². The fourth-order valence-electron chi connectivity index (χ4n) is 2.08. The van der Waals surface area contributed by atoms with Crippen molar-refractivity contribution in [1.29, 1.82) is 0 Å². The van der Waals surface area contributed by atoms with Gasteiger partial charge in [-0.3, -0.25) is 9.59 Å². The van der Waals surface area contributed by atoms with Crippen molar-refractivity contribution in [2.75, 3.05) is 11.9 Å². The molecule has 0 heterocycles. The summed E-state index contributed by atoms with van der Waals surface area (Å²) in [6.45, 7) is 3.64. The number of primary amides is 1. The summed E-state index contributed by atoms with van der Waals surface area (Å²) in [6.07, 6.45) is 0.862. The number of carboxylic acids is 1. The number of benzene rings is 1. The van der Waals surface area contributed by atoms with Crippen LogP contribution in [0.15, 0.2) is 24.3 Å². The predicted octanol–water partition coefficient (Wildman–Crippen LogP) is 1.80. The molecule has 0 saturated heterocycles. The van der Waals surface area contributed by atoms with E-state index in [1.54, 1.807) is 26.0 Å². The lowest BCUT2D eigenvalue weighted by Crippen LogP contribution is -2.42. The molecule has 1 rings (SSSR count). The molecule has 0 aliphatic carbocycles. The molecule has 7 nitrogen and oxygen atoms in total. The minimum absolute atomic E-state index is 0.0649. The predicted molar refractivity (Wildman–Crippen MR) is 82.6 cm³/mol. The first-order valence-electron chi connectivity index (χ1n) is 7.02. The van der Waals surface area contributed by atoms with Crippen molar-refractivity contribution in [3.05, 3.63) is 29.8 Å². The number of carbonyl (C=O) groups excluding carboxylic acids is 2. The van der Waals surface area contributed by atoms with Crippen LogP contribution >= 0.6 is 0 Å². The molecule has 7 heteroatoms. The second-order valence-electron chi connectivity index (χ2n) is 5.04. The Hall–Kier alpha value is -2.57. The Morgan fingerprint density at radius 1 is 1.14 bits per heavy atom. The minimum Gasteiger partial charge on any atom is -0.481 e. The number of nitrogens with one attached hydrogen (secondary N) is 2. The Kier molecular flexibility index (Phi) is 5.91. The molecule has 0 aliphatic rings. The van der Waals surface area contributed by atoms with E-state index in [0.717, 1.165) is 0 Å². The smallest absolute Gasteiger partial charge is 0.316 e. The summed E-state index contributed by atoms with van der Waals surface area (Å²) < 4.78 is 0. The van der Waals surface area contributed by atoms with Gasteiger partial charge >= 0.3 is 12.0 Å². The van der Waals surface area contributed by atoms with E-state index in [2.05, 4.69) is 10.6 Å². The molecular weight excluding hydrogens is 286 g/mol. The van der Waals surface area contributed by atoms with Gasteiger partial charge in [-0.05, 0) is 37.1 Å². The van der Waals surface area contributed by atoms with Crippen LogP contribution in [0.2, 0.25) is 0 Å². The number of aliphatic carboxylic acids is 1. The Bertz CT molecular complexity index is 550. The number of anilines is 1. The number of carbonyl (C=O) groups is 3. The first-order chi connectivity index (χ1) is 10.3. The molecule has 0 unspecified atom stereocenters. The highest BCUT2D eigenvalue weighted by Gasteiger charge is 2.35. The molecule has 22 heavy (non-hydrogen) atoms. The maximum Gasteiger partial charge on any atom is 0.316 e. The summed E-state index contributed by atoms with van der Waals surface area (Å²) in [5, 5.41) is 14.4. The molecule has 5 N–H and O–H groups in total. The molecule has 0 fully saturated rings. The third-order valence-corrected chi connectivity index (χ3v) is 3.81. The van der Waals surface area contributed by atoms with E-state index in [9.17, 15) is 19.5 Å². The highest BCUT2D eigenvalue weighted by Crippen LogP contribution is 2.25. The zero-order valence-corrected chi connectivity index (χ0v) is 12.7. The molecular formula is C15H21N3O4. The van der Waals surface area contributed by atoms with Crippen LogP contribution in [0.1, 0.15) is 37.0 Å². The second-order valence-corrected chi connectivity index (χ2v) is 5.04. The third kappa shape index (κ3) is 4.21. The molecule has 0 aromatic heterocycles. The van der Waals surface area contributed by atoms with E-state index in [1.807, 2.05) is 0 Å². The van der Waals surface area contributed by atoms with E-state index in [0.29, 0.717) is 24.1 Å². The molecule has 0 atom stereocenters. The van der Waals surface area contributed by atoms with Crippen LogP contribution in [-0.2, 0) is 4.79 Å². The number of rotatable bonds is 7. The first kappa shape index (κ1) is 17.5. The summed E-state index contributed by atoms with van der Waals surface area (Å²) >= 11 is 0. The Labute approximate surface area is 128 Å². The normalized spacial score (nSPS) is 10.8. The highest BCUT2D eigenvalue weighted by molar-refractivity contribution is 5.95. The van der Waals surface area contributed by atoms with Gasteiger partial charge in [0.15, 0.2) is 0 Å². The number of amides is 3. The standard InChI is InChI=1S/C15H21N3O4/c1-3-15(4-2,13(20)21)9-17-12(19)10-5-7-11(8-6-10)18-14(16)22/h5-8H,3-4,9H2,1-2H3,(H,17,19)(H,20,21)(H3,16,18,22). The molecule has 0 saturated carbocycles. The Morgan fingerprint density at radius 2 is 1.68 bits per heavy atom. The van der Waals surface area contributed by atoms with Gasteiger partial charge in [0, 0.05) is 17.8 Å². The van der Waals surface area contributed by atoms with E-state index in [4.69, 9.17) is 5.73 Å². The van der Waals surface area contributed by atoms with Crippen molar-refractivity contribution in [3.8, 4) is 0 Å². The fourth-order valence-corrected chi connectivity index (χ4v) is 2.08. The summed E-state index contributed by atoms with van der Waals surface area (Å²) in [6, 6.07) is 5.46. The molecule has 0 radical (unpaired) electrons. The van der Waals surface area contributed by atoms with Crippen LogP contribution in [0.25, 0.3) is 0 Å². The van der Waals surface area contributed by atoms with Gasteiger partial charge in [-0.1, -0.05) is 13.8 Å². The number of urea groups is 1. The molecule has 1 aromatic rings. The van der Waals surface area contributed by atoms with Crippen LogP contribution in [0.5, 0.6) is 0 Å².